The Labute approximate surface area is 107 Å². The summed E-state index contributed by atoms with van der Waals surface area (Å²) < 4.78 is 13.4. The van der Waals surface area contributed by atoms with E-state index in [1.165, 1.54) is 19.3 Å². The average Bonchev–Trinajstić information content (AvgIpc) is 2.52. The molecule has 3 aliphatic carbocycles. The molecule has 3 aliphatic rings. The van der Waals surface area contributed by atoms with Crippen LogP contribution in [0.25, 0.3) is 5.52 Å². The van der Waals surface area contributed by atoms with Crippen LogP contribution in [0.5, 0.6) is 0 Å². The van der Waals surface area contributed by atoms with Crippen LogP contribution in [0.1, 0.15) is 30.8 Å². The molecule has 2 heterocycles. The number of nitrogens with zero attached hydrogens (tertiary/aromatic N) is 4. The van der Waals surface area contributed by atoms with Crippen molar-refractivity contribution in [1.29, 1.82) is 0 Å². The van der Waals surface area contributed by atoms with Gasteiger partial charge in [-0.25, -0.2) is 14.5 Å². The van der Waals surface area contributed by atoms with Gasteiger partial charge in [0.2, 0.25) is 5.16 Å². The van der Waals surface area contributed by atoms with Crippen molar-refractivity contribution in [2.24, 2.45) is 5.92 Å². The van der Waals surface area contributed by atoms with Crippen molar-refractivity contribution >= 4 is 16.3 Å². The lowest BCUT2D eigenvalue weighted by Crippen LogP contribution is -2.56. The summed E-state index contributed by atoms with van der Waals surface area (Å²) in [6.07, 6.45) is 7.05. The summed E-state index contributed by atoms with van der Waals surface area (Å²) in [5.74, 6) is 1.95. The van der Waals surface area contributed by atoms with Crippen molar-refractivity contribution in [3.05, 3.63) is 17.7 Å². The van der Waals surface area contributed by atoms with Crippen LogP contribution in [0.2, 0.25) is 0 Å². The van der Waals surface area contributed by atoms with E-state index in [4.69, 9.17) is 0 Å². The van der Waals surface area contributed by atoms with Gasteiger partial charge in [0.05, 0.1) is 22.7 Å². The maximum absolute atomic E-state index is 11.5. The Kier molecular flexibility index (Phi) is 1.87. The van der Waals surface area contributed by atoms with Gasteiger partial charge in [-0.3, -0.25) is 4.21 Å². The second-order valence-electron chi connectivity index (χ2n) is 5.57. The normalized spacial score (nSPS) is 30.9. The first-order valence-corrected chi connectivity index (χ1v) is 7.71. The maximum atomic E-state index is 11.5. The summed E-state index contributed by atoms with van der Waals surface area (Å²) in [7, 11) is -1.15. The van der Waals surface area contributed by atoms with E-state index >= 15 is 0 Å². The third kappa shape index (κ3) is 1.16. The molecule has 3 saturated carbocycles. The molecule has 94 valence electrons. The van der Waals surface area contributed by atoms with Crippen LogP contribution in [0, 0.1) is 12.8 Å². The molecule has 2 bridgehead atoms. The van der Waals surface area contributed by atoms with Crippen LogP contribution in [0.4, 0.5) is 0 Å². The molecule has 0 N–H and O–H groups in total. The zero-order valence-electron chi connectivity index (χ0n) is 10.4. The second-order valence-corrected chi connectivity index (χ2v) is 6.84. The van der Waals surface area contributed by atoms with Crippen LogP contribution >= 0.6 is 0 Å². The van der Waals surface area contributed by atoms with Gasteiger partial charge in [-0.2, -0.15) is 0 Å². The first-order valence-electron chi connectivity index (χ1n) is 6.15. The van der Waals surface area contributed by atoms with Crippen molar-refractivity contribution in [1.82, 2.24) is 19.6 Å². The molecule has 2 aromatic heterocycles. The van der Waals surface area contributed by atoms with Crippen LogP contribution in [-0.4, -0.2) is 30.0 Å². The summed E-state index contributed by atoms with van der Waals surface area (Å²) in [6, 6.07) is 0. The number of aryl methyl sites for hydroxylation is 1. The minimum atomic E-state index is -1.15. The molecule has 5 nitrogen and oxygen atoms in total. The fourth-order valence-corrected chi connectivity index (χ4v) is 3.63. The molecule has 3 fully saturated rings. The molecule has 2 aromatic rings. The Morgan fingerprint density at radius 3 is 2.72 bits per heavy atom. The molecule has 1 unspecified atom stereocenters. The highest BCUT2D eigenvalue weighted by molar-refractivity contribution is 7.84. The molecule has 0 saturated heterocycles. The lowest BCUT2D eigenvalue weighted by molar-refractivity contribution is -0.0359. The highest BCUT2D eigenvalue weighted by Gasteiger charge is 2.60. The fourth-order valence-electron chi connectivity index (χ4n) is 3.24. The maximum Gasteiger partial charge on any atom is 0.237 e. The van der Waals surface area contributed by atoms with Gasteiger partial charge in [-0.05, 0) is 32.1 Å². The van der Waals surface area contributed by atoms with Gasteiger partial charge in [0.25, 0.3) is 0 Å². The van der Waals surface area contributed by atoms with E-state index in [1.807, 2.05) is 11.4 Å². The third-order valence-corrected chi connectivity index (χ3v) is 5.03. The van der Waals surface area contributed by atoms with Crippen LogP contribution in [0.15, 0.2) is 11.4 Å². The number of hydrogen-bond acceptors (Lipinski definition) is 4. The molecular formula is C12H14N4OS. The minimum Gasteiger partial charge on any atom is -0.251 e. The number of fused-ring (bicyclic) bond motifs is 1. The van der Waals surface area contributed by atoms with Gasteiger partial charge in [0.1, 0.15) is 11.3 Å². The Balaban J connectivity index is 1.96. The summed E-state index contributed by atoms with van der Waals surface area (Å²) in [6.45, 7) is 1.98. The summed E-state index contributed by atoms with van der Waals surface area (Å²) in [4.78, 5) is 8.83. The zero-order valence-corrected chi connectivity index (χ0v) is 11.2. The average molecular weight is 262 g/mol. The molecule has 0 aliphatic heterocycles. The van der Waals surface area contributed by atoms with Gasteiger partial charge in [-0.1, -0.05) is 0 Å². The Bertz CT molecular complexity index is 676. The molecule has 6 heteroatoms. The van der Waals surface area contributed by atoms with Crippen molar-refractivity contribution < 1.29 is 4.21 Å². The van der Waals surface area contributed by atoms with E-state index in [-0.39, 0.29) is 5.41 Å². The smallest absolute Gasteiger partial charge is 0.237 e. The van der Waals surface area contributed by atoms with E-state index in [1.54, 1.807) is 12.5 Å². The largest absolute Gasteiger partial charge is 0.251 e. The van der Waals surface area contributed by atoms with Gasteiger partial charge in [0, 0.05) is 11.7 Å². The predicted molar refractivity (Wildman–Crippen MR) is 66.9 cm³/mol. The van der Waals surface area contributed by atoms with E-state index in [2.05, 4.69) is 15.1 Å². The number of imidazole rings is 1. The minimum absolute atomic E-state index is 0.253. The van der Waals surface area contributed by atoms with E-state index < -0.39 is 10.8 Å². The fraction of sp³-hybridized carbons (Fsp3) is 0.583. The molecule has 1 atom stereocenters. The SMILES string of the molecule is Cc1nc(C23CC(C2)C3)n2nc(S(C)=O)ncc12. The van der Waals surface area contributed by atoms with Gasteiger partial charge < -0.3 is 0 Å². The van der Waals surface area contributed by atoms with Crippen molar-refractivity contribution in [3.63, 3.8) is 0 Å². The topological polar surface area (TPSA) is 60.2 Å². The van der Waals surface area contributed by atoms with Crippen LogP contribution in [0.3, 0.4) is 0 Å². The number of aromatic nitrogens is 4. The Hall–Kier alpha value is -1.30. The van der Waals surface area contributed by atoms with Crippen molar-refractivity contribution in [2.75, 3.05) is 6.26 Å². The standard InChI is InChI=1S/C12H14N4OS/c1-7-9-6-13-11(18(2)17)15-16(9)10(14-7)12-3-8(4-12)5-12/h6,8H,3-5H2,1-2H3. The molecule has 0 radical (unpaired) electrons. The summed E-state index contributed by atoms with van der Waals surface area (Å²) in [5.41, 5.74) is 2.15. The van der Waals surface area contributed by atoms with Gasteiger partial charge >= 0.3 is 0 Å². The van der Waals surface area contributed by atoms with Crippen molar-refractivity contribution in [3.8, 4) is 0 Å². The van der Waals surface area contributed by atoms with Gasteiger partial charge in [0.15, 0.2) is 0 Å². The van der Waals surface area contributed by atoms with Crippen LogP contribution in [-0.2, 0) is 16.2 Å². The van der Waals surface area contributed by atoms with E-state index in [0.717, 1.165) is 23.0 Å². The lowest BCUT2D eigenvalue weighted by Gasteiger charge is -2.60. The number of hydrogen-bond donors (Lipinski definition) is 0. The highest BCUT2D eigenvalue weighted by atomic mass is 32.2. The first kappa shape index (κ1) is 10.6. The van der Waals surface area contributed by atoms with Crippen LogP contribution < -0.4 is 0 Å². The Morgan fingerprint density at radius 1 is 1.44 bits per heavy atom. The molecule has 0 amide bonds. The van der Waals surface area contributed by atoms with E-state index in [9.17, 15) is 4.21 Å². The summed E-state index contributed by atoms with van der Waals surface area (Å²) in [5, 5.41) is 4.79. The number of rotatable bonds is 2. The molecule has 0 aromatic carbocycles. The van der Waals surface area contributed by atoms with Crippen molar-refractivity contribution in [2.45, 2.75) is 36.8 Å². The highest BCUT2D eigenvalue weighted by Crippen LogP contribution is 2.64. The lowest BCUT2D eigenvalue weighted by atomic mass is 9.44. The third-order valence-electron chi connectivity index (χ3n) is 4.33. The first-order chi connectivity index (χ1) is 8.59. The zero-order chi connectivity index (χ0) is 12.5. The quantitative estimate of drug-likeness (QED) is 0.816. The Morgan fingerprint density at radius 2 is 2.17 bits per heavy atom. The molecule has 5 rings (SSSR count). The monoisotopic (exact) mass is 262 g/mol. The van der Waals surface area contributed by atoms with Gasteiger partial charge in [-0.15, -0.1) is 5.10 Å². The molecule has 18 heavy (non-hydrogen) atoms. The summed E-state index contributed by atoms with van der Waals surface area (Å²) >= 11 is 0. The predicted octanol–water partition coefficient (Wildman–Crippen LogP) is 1.22. The second kappa shape index (κ2) is 3.17. The molecule has 0 spiro atoms. The van der Waals surface area contributed by atoms with E-state index in [0.29, 0.717) is 5.16 Å². The molecular weight excluding hydrogens is 248 g/mol.